The van der Waals surface area contributed by atoms with Crippen molar-refractivity contribution in [3.8, 4) is 0 Å². The van der Waals surface area contributed by atoms with Crippen LogP contribution < -0.4 is 4.90 Å². The van der Waals surface area contributed by atoms with E-state index in [9.17, 15) is 13.6 Å². The Balaban J connectivity index is 1.87. The molecule has 3 rings (SSSR count). The molecular formula is C14H15F2N3O2S. The fraction of sp³-hybridized carbons (Fsp3) is 0.429. The minimum atomic E-state index is -0.674. The van der Waals surface area contributed by atoms with Crippen LogP contribution in [0.2, 0.25) is 0 Å². The van der Waals surface area contributed by atoms with Gasteiger partial charge in [0.2, 0.25) is 0 Å². The summed E-state index contributed by atoms with van der Waals surface area (Å²) in [6, 6.07) is 2.09. The molecule has 0 saturated carbocycles. The number of rotatable bonds is 2. The van der Waals surface area contributed by atoms with Gasteiger partial charge < -0.3 is 14.5 Å². The summed E-state index contributed by atoms with van der Waals surface area (Å²) in [7, 11) is 3.33. The van der Waals surface area contributed by atoms with E-state index in [1.54, 1.807) is 14.1 Å². The molecule has 5 nitrogen and oxygen atoms in total. The van der Waals surface area contributed by atoms with Crippen molar-refractivity contribution in [2.75, 3.05) is 38.7 Å². The molecule has 1 aromatic carbocycles. The van der Waals surface area contributed by atoms with Gasteiger partial charge in [0.15, 0.2) is 17.1 Å². The maximum atomic E-state index is 13.7. The van der Waals surface area contributed by atoms with Crippen LogP contribution in [-0.4, -0.2) is 55.7 Å². The van der Waals surface area contributed by atoms with Crippen LogP contribution in [0.25, 0.3) is 10.2 Å². The zero-order chi connectivity index (χ0) is 15.9. The number of halogens is 2. The number of carbonyl (C=O) groups excluding carboxylic acids is 1. The summed E-state index contributed by atoms with van der Waals surface area (Å²) in [6.45, 7) is 1.29. The molecule has 2 aromatic rings. The van der Waals surface area contributed by atoms with Crippen molar-refractivity contribution in [1.82, 2.24) is 9.88 Å². The fourth-order valence-electron chi connectivity index (χ4n) is 2.34. The van der Waals surface area contributed by atoms with Crippen molar-refractivity contribution in [3.63, 3.8) is 0 Å². The monoisotopic (exact) mass is 327 g/mol. The quantitative estimate of drug-likeness (QED) is 0.845. The highest BCUT2D eigenvalue weighted by atomic mass is 32.1. The smallest absolute Gasteiger partial charge is 0.253 e. The van der Waals surface area contributed by atoms with Crippen molar-refractivity contribution in [1.29, 1.82) is 0 Å². The number of ether oxygens (including phenoxy) is 1. The first-order valence-corrected chi connectivity index (χ1v) is 7.60. The number of amides is 1. The van der Waals surface area contributed by atoms with Crippen LogP contribution in [0.1, 0.15) is 0 Å². The third-order valence-electron chi connectivity index (χ3n) is 3.46. The average Bonchev–Trinajstić information content (AvgIpc) is 2.90. The Morgan fingerprint density at radius 1 is 1.45 bits per heavy atom. The molecule has 0 aliphatic carbocycles. The lowest BCUT2D eigenvalue weighted by Gasteiger charge is -2.33. The topological polar surface area (TPSA) is 45.7 Å². The molecule has 0 spiro atoms. The van der Waals surface area contributed by atoms with E-state index in [0.29, 0.717) is 29.5 Å². The molecule has 22 heavy (non-hydrogen) atoms. The third kappa shape index (κ3) is 2.76. The van der Waals surface area contributed by atoms with Crippen molar-refractivity contribution in [2.45, 2.75) is 6.10 Å². The number of aromatic nitrogens is 1. The SMILES string of the molecule is CN(C)C(=O)C1CN(c2nc3c(F)cc(F)cc3s2)CCO1. The number of anilines is 1. The second-order valence-electron chi connectivity index (χ2n) is 5.27. The lowest BCUT2D eigenvalue weighted by Crippen LogP contribution is -2.49. The van der Waals surface area contributed by atoms with E-state index >= 15 is 0 Å². The summed E-state index contributed by atoms with van der Waals surface area (Å²) in [4.78, 5) is 19.6. The van der Waals surface area contributed by atoms with Gasteiger partial charge in [-0.1, -0.05) is 11.3 Å². The van der Waals surface area contributed by atoms with Gasteiger partial charge in [-0.15, -0.1) is 0 Å². The first-order valence-electron chi connectivity index (χ1n) is 6.79. The molecular weight excluding hydrogens is 312 g/mol. The van der Waals surface area contributed by atoms with Gasteiger partial charge in [-0.25, -0.2) is 13.8 Å². The Kier molecular flexibility index (Phi) is 3.96. The number of morpholine rings is 1. The first-order chi connectivity index (χ1) is 10.5. The summed E-state index contributed by atoms with van der Waals surface area (Å²) in [5.74, 6) is -1.42. The number of thiazole rings is 1. The van der Waals surface area contributed by atoms with Crippen LogP contribution >= 0.6 is 11.3 Å². The summed E-state index contributed by atoms with van der Waals surface area (Å²) >= 11 is 1.21. The van der Waals surface area contributed by atoms with Crippen LogP contribution in [0.15, 0.2) is 12.1 Å². The van der Waals surface area contributed by atoms with Crippen LogP contribution in [0.4, 0.5) is 13.9 Å². The van der Waals surface area contributed by atoms with E-state index in [0.717, 1.165) is 6.07 Å². The minimum absolute atomic E-state index is 0.122. The Hall–Kier alpha value is -1.80. The molecule has 1 aliphatic rings. The zero-order valence-corrected chi connectivity index (χ0v) is 13.0. The van der Waals surface area contributed by atoms with Crippen LogP contribution in [0.5, 0.6) is 0 Å². The lowest BCUT2D eigenvalue weighted by molar-refractivity contribution is -0.141. The molecule has 0 bridgehead atoms. The molecule has 1 aliphatic heterocycles. The van der Waals surface area contributed by atoms with Gasteiger partial charge in [0.25, 0.3) is 5.91 Å². The Labute approximate surface area is 130 Å². The van der Waals surface area contributed by atoms with Crippen molar-refractivity contribution >= 4 is 32.6 Å². The van der Waals surface area contributed by atoms with Gasteiger partial charge in [-0.3, -0.25) is 4.79 Å². The minimum Gasteiger partial charge on any atom is -0.365 e. The average molecular weight is 327 g/mol. The molecule has 0 N–H and O–H groups in total. The van der Waals surface area contributed by atoms with Crippen molar-refractivity contribution in [2.24, 2.45) is 0 Å². The number of hydrogen-bond acceptors (Lipinski definition) is 5. The number of benzene rings is 1. The van der Waals surface area contributed by atoms with E-state index in [2.05, 4.69) is 4.98 Å². The highest BCUT2D eigenvalue weighted by Crippen LogP contribution is 2.32. The van der Waals surface area contributed by atoms with Gasteiger partial charge in [0, 0.05) is 26.7 Å². The largest absolute Gasteiger partial charge is 0.365 e. The van der Waals surface area contributed by atoms with Crippen LogP contribution in [0, 0.1) is 11.6 Å². The highest BCUT2D eigenvalue weighted by Gasteiger charge is 2.29. The predicted molar refractivity (Wildman–Crippen MR) is 80.2 cm³/mol. The van der Waals surface area contributed by atoms with Crippen molar-refractivity contribution < 1.29 is 18.3 Å². The van der Waals surface area contributed by atoms with E-state index < -0.39 is 17.7 Å². The molecule has 1 unspecified atom stereocenters. The summed E-state index contributed by atoms with van der Waals surface area (Å²) in [5.41, 5.74) is 0.156. The predicted octanol–water partition coefficient (Wildman–Crippen LogP) is 1.87. The molecule has 0 radical (unpaired) electrons. The van der Waals surface area contributed by atoms with Gasteiger partial charge in [0.05, 0.1) is 17.9 Å². The lowest BCUT2D eigenvalue weighted by atomic mass is 10.2. The molecule has 1 amide bonds. The summed E-state index contributed by atoms with van der Waals surface area (Å²) < 4.78 is 32.9. The van der Waals surface area contributed by atoms with E-state index in [1.807, 2.05) is 4.90 Å². The van der Waals surface area contributed by atoms with Crippen LogP contribution in [-0.2, 0) is 9.53 Å². The van der Waals surface area contributed by atoms with Gasteiger partial charge in [-0.2, -0.15) is 0 Å². The fourth-order valence-corrected chi connectivity index (χ4v) is 3.38. The number of hydrogen-bond donors (Lipinski definition) is 0. The van der Waals surface area contributed by atoms with Gasteiger partial charge in [0.1, 0.15) is 11.3 Å². The zero-order valence-electron chi connectivity index (χ0n) is 12.2. The van der Waals surface area contributed by atoms with E-state index in [-0.39, 0.29) is 11.4 Å². The molecule has 118 valence electrons. The Morgan fingerprint density at radius 2 is 2.23 bits per heavy atom. The molecule has 1 saturated heterocycles. The number of likely N-dealkylation sites (N-methyl/N-ethyl adjacent to an activating group) is 1. The standard InChI is InChI=1S/C14H15F2N3O2S/c1-18(2)13(20)10-7-19(3-4-21-10)14-17-12-9(16)5-8(15)6-11(12)22-14/h5-6,10H,3-4,7H2,1-2H3. The molecule has 8 heteroatoms. The van der Waals surface area contributed by atoms with Crippen molar-refractivity contribution in [3.05, 3.63) is 23.8 Å². The molecule has 1 atom stereocenters. The molecule has 1 fully saturated rings. The van der Waals surface area contributed by atoms with Gasteiger partial charge >= 0.3 is 0 Å². The Bertz CT molecular complexity index is 719. The van der Waals surface area contributed by atoms with E-state index in [1.165, 1.54) is 22.3 Å². The third-order valence-corrected chi connectivity index (χ3v) is 4.52. The summed E-state index contributed by atoms with van der Waals surface area (Å²) in [6.07, 6.45) is -0.572. The second-order valence-corrected chi connectivity index (χ2v) is 6.28. The number of fused-ring (bicyclic) bond motifs is 1. The first kappa shape index (κ1) is 15.1. The Morgan fingerprint density at radius 3 is 2.95 bits per heavy atom. The second kappa shape index (κ2) is 5.77. The van der Waals surface area contributed by atoms with E-state index in [4.69, 9.17) is 4.74 Å². The normalized spacial score (nSPS) is 18.7. The maximum absolute atomic E-state index is 13.7. The summed E-state index contributed by atoms with van der Waals surface area (Å²) in [5, 5.41) is 0.569. The number of carbonyl (C=O) groups is 1. The highest BCUT2D eigenvalue weighted by molar-refractivity contribution is 7.22. The van der Waals surface area contributed by atoms with Gasteiger partial charge in [-0.05, 0) is 6.07 Å². The molecule has 1 aromatic heterocycles. The number of nitrogens with zero attached hydrogens (tertiary/aromatic N) is 3. The maximum Gasteiger partial charge on any atom is 0.253 e. The molecule has 2 heterocycles. The van der Waals surface area contributed by atoms with Crippen LogP contribution in [0.3, 0.4) is 0 Å².